The van der Waals surface area contributed by atoms with Gasteiger partial charge in [-0.15, -0.1) is 0 Å². The van der Waals surface area contributed by atoms with E-state index in [9.17, 15) is 14.9 Å². The van der Waals surface area contributed by atoms with E-state index in [4.69, 9.17) is 0 Å². The molecule has 2 aromatic rings. The number of carbonyl (C=O) groups excluding carboxylic acids is 1. The van der Waals surface area contributed by atoms with E-state index in [-0.39, 0.29) is 11.6 Å². The van der Waals surface area contributed by atoms with Crippen molar-refractivity contribution in [2.24, 2.45) is 0 Å². The van der Waals surface area contributed by atoms with Crippen molar-refractivity contribution in [3.63, 3.8) is 0 Å². The van der Waals surface area contributed by atoms with E-state index in [0.29, 0.717) is 24.1 Å². The van der Waals surface area contributed by atoms with E-state index >= 15 is 0 Å². The lowest BCUT2D eigenvalue weighted by molar-refractivity contribution is -0.384. The van der Waals surface area contributed by atoms with Crippen LogP contribution >= 0.6 is 0 Å². The van der Waals surface area contributed by atoms with Crippen molar-refractivity contribution in [1.29, 1.82) is 0 Å². The molecule has 0 aliphatic rings. The van der Waals surface area contributed by atoms with Crippen LogP contribution in [0.25, 0.3) is 0 Å². The van der Waals surface area contributed by atoms with Crippen molar-refractivity contribution in [2.75, 3.05) is 13.6 Å². The van der Waals surface area contributed by atoms with Crippen LogP contribution in [0.1, 0.15) is 21.7 Å². The van der Waals surface area contributed by atoms with Gasteiger partial charge in [-0.3, -0.25) is 14.9 Å². The number of nitrogens with zero attached hydrogens (tertiary/aromatic N) is 3. The van der Waals surface area contributed by atoms with E-state index < -0.39 is 4.92 Å². The van der Waals surface area contributed by atoms with Crippen molar-refractivity contribution in [3.05, 3.63) is 57.7 Å². The number of hydrogen-bond acceptors (Lipinski definition) is 4. The first-order valence-corrected chi connectivity index (χ1v) is 6.48. The van der Waals surface area contributed by atoms with Gasteiger partial charge in [0.25, 0.3) is 11.6 Å². The fourth-order valence-corrected chi connectivity index (χ4v) is 2.02. The molecule has 110 valence electrons. The summed E-state index contributed by atoms with van der Waals surface area (Å²) < 4.78 is 0. The average Bonchev–Trinajstić information content (AvgIpc) is 2.97. The SMILES string of the molecule is Cc1cc([N+](=O)[O-])ccc1C(=O)N(C)CCc1ncc[nH]1. The number of aromatic nitrogens is 2. The summed E-state index contributed by atoms with van der Waals surface area (Å²) in [6.45, 7) is 2.21. The molecular weight excluding hydrogens is 272 g/mol. The molecule has 0 atom stereocenters. The number of H-pyrrole nitrogens is 1. The van der Waals surface area contributed by atoms with Crippen molar-refractivity contribution in [2.45, 2.75) is 13.3 Å². The Bertz CT molecular complexity index is 652. The van der Waals surface area contributed by atoms with E-state index in [2.05, 4.69) is 9.97 Å². The largest absolute Gasteiger partial charge is 0.349 e. The molecule has 0 aliphatic heterocycles. The van der Waals surface area contributed by atoms with Crippen molar-refractivity contribution in [1.82, 2.24) is 14.9 Å². The fraction of sp³-hybridized carbons (Fsp3) is 0.286. The number of imidazole rings is 1. The summed E-state index contributed by atoms with van der Waals surface area (Å²) in [5.41, 5.74) is 1.06. The number of hydrogen-bond donors (Lipinski definition) is 1. The number of non-ortho nitro benzene ring substituents is 1. The second-order valence-corrected chi connectivity index (χ2v) is 4.77. The van der Waals surface area contributed by atoms with Crippen LogP contribution in [0.2, 0.25) is 0 Å². The Labute approximate surface area is 121 Å². The van der Waals surface area contributed by atoms with Crippen LogP contribution in [0.5, 0.6) is 0 Å². The summed E-state index contributed by atoms with van der Waals surface area (Å²) in [5, 5.41) is 10.7. The molecule has 0 fully saturated rings. The molecule has 1 heterocycles. The quantitative estimate of drug-likeness (QED) is 0.672. The zero-order chi connectivity index (χ0) is 15.4. The topological polar surface area (TPSA) is 92.1 Å². The molecule has 0 radical (unpaired) electrons. The third-order valence-electron chi connectivity index (χ3n) is 3.24. The average molecular weight is 288 g/mol. The molecule has 1 amide bonds. The monoisotopic (exact) mass is 288 g/mol. The fourth-order valence-electron chi connectivity index (χ4n) is 2.02. The molecule has 1 N–H and O–H groups in total. The Balaban J connectivity index is 2.06. The smallest absolute Gasteiger partial charge is 0.269 e. The zero-order valence-electron chi connectivity index (χ0n) is 11.9. The molecule has 0 saturated carbocycles. The molecule has 7 heteroatoms. The van der Waals surface area contributed by atoms with Crippen LogP contribution in [0, 0.1) is 17.0 Å². The van der Waals surface area contributed by atoms with Gasteiger partial charge in [0.2, 0.25) is 0 Å². The van der Waals surface area contributed by atoms with E-state index in [1.54, 1.807) is 31.3 Å². The summed E-state index contributed by atoms with van der Waals surface area (Å²) in [6, 6.07) is 4.26. The predicted molar refractivity (Wildman–Crippen MR) is 77.1 cm³/mol. The minimum absolute atomic E-state index is 0.0118. The summed E-state index contributed by atoms with van der Waals surface area (Å²) in [4.78, 5) is 31.2. The van der Waals surface area contributed by atoms with E-state index in [1.807, 2.05) is 0 Å². The molecule has 0 bridgehead atoms. The third kappa shape index (κ3) is 3.44. The van der Waals surface area contributed by atoms with Crippen LogP contribution in [0.3, 0.4) is 0 Å². The highest BCUT2D eigenvalue weighted by Crippen LogP contribution is 2.18. The second-order valence-electron chi connectivity index (χ2n) is 4.77. The van der Waals surface area contributed by atoms with Crippen LogP contribution < -0.4 is 0 Å². The standard InChI is InChI=1S/C14H16N4O3/c1-10-9-11(18(20)21)3-4-12(10)14(19)17(2)8-5-13-15-6-7-16-13/h3-4,6-7,9H,5,8H2,1-2H3,(H,15,16). The first-order chi connectivity index (χ1) is 9.99. The van der Waals surface area contributed by atoms with Crippen molar-refractivity contribution < 1.29 is 9.72 Å². The van der Waals surface area contributed by atoms with Gasteiger partial charge in [0.05, 0.1) is 4.92 Å². The lowest BCUT2D eigenvalue weighted by Crippen LogP contribution is -2.29. The lowest BCUT2D eigenvalue weighted by Gasteiger charge is -2.17. The minimum Gasteiger partial charge on any atom is -0.349 e. The summed E-state index contributed by atoms with van der Waals surface area (Å²) in [6.07, 6.45) is 4.02. The van der Waals surface area contributed by atoms with Gasteiger partial charge < -0.3 is 9.88 Å². The van der Waals surface area contributed by atoms with Crippen molar-refractivity contribution in [3.8, 4) is 0 Å². The third-order valence-corrected chi connectivity index (χ3v) is 3.24. The van der Waals surface area contributed by atoms with Crippen LogP contribution in [-0.4, -0.2) is 39.3 Å². The molecule has 0 unspecified atom stereocenters. The highest BCUT2D eigenvalue weighted by atomic mass is 16.6. The summed E-state index contributed by atoms with van der Waals surface area (Å²) in [5.74, 6) is 0.657. The molecule has 2 rings (SSSR count). The number of benzene rings is 1. The van der Waals surface area contributed by atoms with E-state index in [0.717, 1.165) is 5.82 Å². The Morgan fingerprint density at radius 2 is 2.24 bits per heavy atom. The first-order valence-electron chi connectivity index (χ1n) is 6.48. The van der Waals surface area contributed by atoms with Gasteiger partial charge in [0.15, 0.2) is 0 Å². The van der Waals surface area contributed by atoms with Crippen LogP contribution in [-0.2, 0) is 6.42 Å². The number of rotatable bonds is 5. The molecule has 0 spiro atoms. The number of aromatic amines is 1. The first kappa shape index (κ1) is 14.7. The van der Waals surface area contributed by atoms with Gasteiger partial charge in [-0.2, -0.15) is 0 Å². The number of carbonyl (C=O) groups is 1. The molecule has 0 saturated heterocycles. The van der Waals surface area contributed by atoms with Gasteiger partial charge in [-0.1, -0.05) is 0 Å². The highest BCUT2D eigenvalue weighted by molar-refractivity contribution is 5.95. The molecule has 0 aliphatic carbocycles. The van der Waals surface area contributed by atoms with Crippen molar-refractivity contribution >= 4 is 11.6 Å². The van der Waals surface area contributed by atoms with Gasteiger partial charge in [-0.25, -0.2) is 4.98 Å². The maximum absolute atomic E-state index is 12.3. The van der Waals surface area contributed by atoms with E-state index in [1.165, 1.54) is 18.2 Å². The van der Waals surface area contributed by atoms with Gasteiger partial charge in [0, 0.05) is 50.1 Å². The maximum Gasteiger partial charge on any atom is 0.269 e. The number of nitro benzene ring substituents is 1. The lowest BCUT2D eigenvalue weighted by atomic mass is 10.1. The molecule has 1 aromatic carbocycles. The van der Waals surface area contributed by atoms with Gasteiger partial charge in [-0.05, 0) is 18.6 Å². The molecular formula is C14H16N4O3. The number of nitro groups is 1. The Kier molecular flexibility index (Phi) is 4.32. The Hall–Kier alpha value is -2.70. The normalized spacial score (nSPS) is 10.4. The van der Waals surface area contributed by atoms with Crippen LogP contribution in [0.15, 0.2) is 30.6 Å². The van der Waals surface area contributed by atoms with Gasteiger partial charge >= 0.3 is 0 Å². The van der Waals surface area contributed by atoms with Gasteiger partial charge in [0.1, 0.15) is 5.82 Å². The molecule has 1 aromatic heterocycles. The summed E-state index contributed by atoms with van der Waals surface area (Å²) >= 11 is 0. The Morgan fingerprint density at radius 3 is 2.81 bits per heavy atom. The maximum atomic E-state index is 12.3. The summed E-state index contributed by atoms with van der Waals surface area (Å²) in [7, 11) is 1.70. The predicted octanol–water partition coefficient (Wildman–Crippen LogP) is 1.94. The number of amides is 1. The highest BCUT2D eigenvalue weighted by Gasteiger charge is 2.17. The number of likely N-dealkylation sites (N-methyl/N-ethyl adjacent to an activating group) is 1. The number of nitrogens with one attached hydrogen (secondary N) is 1. The second kappa shape index (κ2) is 6.17. The zero-order valence-corrected chi connectivity index (χ0v) is 11.9. The minimum atomic E-state index is -0.470. The Morgan fingerprint density at radius 1 is 1.48 bits per heavy atom. The number of aryl methyl sites for hydroxylation is 1. The molecule has 7 nitrogen and oxygen atoms in total. The van der Waals surface area contributed by atoms with Crippen LogP contribution in [0.4, 0.5) is 5.69 Å². The molecule has 21 heavy (non-hydrogen) atoms.